The molecule has 0 atom stereocenters. The highest BCUT2D eigenvalue weighted by Gasteiger charge is 2.22. The SMILES string of the molecule is COc1cccc(OC2CCC(C)CC2)c1C(C)=O. The minimum Gasteiger partial charge on any atom is -0.496 e. The van der Waals surface area contributed by atoms with Crippen LogP contribution in [0, 0.1) is 5.92 Å². The third-order valence-corrected chi connectivity index (χ3v) is 3.82. The molecule has 1 fully saturated rings. The Morgan fingerprint density at radius 3 is 2.37 bits per heavy atom. The molecule has 1 aromatic rings. The number of carbonyl (C=O) groups excluding carboxylic acids is 1. The van der Waals surface area contributed by atoms with Crippen LogP contribution in [-0.2, 0) is 0 Å². The Bertz CT molecular complexity index is 445. The Morgan fingerprint density at radius 2 is 1.79 bits per heavy atom. The molecule has 104 valence electrons. The van der Waals surface area contributed by atoms with Gasteiger partial charge in [0.2, 0.25) is 0 Å². The van der Waals surface area contributed by atoms with Gasteiger partial charge in [0, 0.05) is 0 Å². The summed E-state index contributed by atoms with van der Waals surface area (Å²) in [6, 6.07) is 5.52. The van der Waals surface area contributed by atoms with Crippen LogP contribution in [0.2, 0.25) is 0 Å². The Balaban J connectivity index is 2.17. The molecule has 0 unspecified atom stereocenters. The Labute approximate surface area is 114 Å². The van der Waals surface area contributed by atoms with Crippen LogP contribution in [0.25, 0.3) is 0 Å². The van der Waals surface area contributed by atoms with Crippen LogP contribution in [0.15, 0.2) is 18.2 Å². The number of hydrogen-bond acceptors (Lipinski definition) is 3. The fourth-order valence-electron chi connectivity index (χ4n) is 2.65. The van der Waals surface area contributed by atoms with Crippen molar-refractivity contribution in [1.82, 2.24) is 0 Å². The molecule has 0 aromatic heterocycles. The van der Waals surface area contributed by atoms with Crippen molar-refractivity contribution in [3.63, 3.8) is 0 Å². The highest BCUT2D eigenvalue weighted by Crippen LogP contribution is 2.33. The maximum atomic E-state index is 11.8. The molecule has 0 bridgehead atoms. The molecular weight excluding hydrogens is 240 g/mol. The van der Waals surface area contributed by atoms with Crippen LogP contribution >= 0.6 is 0 Å². The first-order chi connectivity index (χ1) is 9.11. The summed E-state index contributed by atoms with van der Waals surface area (Å²) in [6.45, 7) is 3.83. The summed E-state index contributed by atoms with van der Waals surface area (Å²) < 4.78 is 11.3. The van der Waals surface area contributed by atoms with E-state index in [-0.39, 0.29) is 11.9 Å². The molecule has 0 spiro atoms. The highest BCUT2D eigenvalue weighted by atomic mass is 16.5. The lowest BCUT2D eigenvalue weighted by molar-refractivity contribution is 0.0992. The molecule has 1 aliphatic carbocycles. The smallest absolute Gasteiger partial charge is 0.167 e. The van der Waals surface area contributed by atoms with Gasteiger partial charge in [-0.05, 0) is 50.7 Å². The van der Waals surface area contributed by atoms with Crippen molar-refractivity contribution >= 4 is 5.78 Å². The number of carbonyl (C=O) groups is 1. The first kappa shape index (κ1) is 13.9. The number of ether oxygens (including phenoxy) is 2. The molecule has 2 rings (SSSR count). The molecular formula is C16H22O3. The largest absolute Gasteiger partial charge is 0.496 e. The second-order valence-corrected chi connectivity index (χ2v) is 5.39. The number of hydrogen-bond donors (Lipinski definition) is 0. The predicted molar refractivity (Wildman–Crippen MR) is 75.0 cm³/mol. The first-order valence-corrected chi connectivity index (χ1v) is 6.96. The van der Waals surface area contributed by atoms with E-state index in [2.05, 4.69) is 6.92 Å². The molecule has 1 aliphatic rings. The van der Waals surface area contributed by atoms with E-state index in [1.165, 1.54) is 12.8 Å². The lowest BCUT2D eigenvalue weighted by atomic mass is 9.89. The summed E-state index contributed by atoms with van der Waals surface area (Å²) in [6.07, 6.45) is 4.75. The molecule has 0 radical (unpaired) electrons. The average molecular weight is 262 g/mol. The quantitative estimate of drug-likeness (QED) is 0.773. The van der Waals surface area contributed by atoms with Gasteiger partial charge in [-0.25, -0.2) is 0 Å². The summed E-state index contributed by atoms with van der Waals surface area (Å²) in [5.41, 5.74) is 0.559. The van der Waals surface area contributed by atoms with Crippen LogP contribution in [-0.4, -0.2) is 19.0 Å². The Hall–Kier alpha value is -1.51. The van der Waals surface area contributed by atoms with Gasteiger partial charge in [-0.2, -0.15) is 0 Å². The van der Waals surface area contributed by atoms with Gasteiger partial charge < -0.3 is 9.47 Å². The molecule has 1 saturated carbocycles. The monoisotopic (exact) mass is 262 g/mol. The van der Waals surface area contributed by atoms with Crippen LogP contribution in [0.5, 0.6) is 11.5 Å². The zero-order valence-electron chi connectivity index (χ0n) is 11.9. The molecule has 1 aromatic carbocycles. The van der Waals surface area contributed by atoms with E-state index < -0.39 is 0 Å². The van der Waals surface area contributed by atoms with E-state index in [1.807, 2.05) is 12.1 Å². The van der Waals surface area contributed by atoms with Gasteiger partial charge in [-0.3, -0.25) is 4.79 Å². The van der Waals surface area contributed by atoms with Gasteiger partial charge in [-0.1, -0.05) is 13.0 Å². The standard InChI is InChI=1S/C16H22O3/c1-11-7-9-13(10-8-11)19-15-6-4-5-14(18-3)16(15)12(2)17/h4-6,11,13H,7-10H2,1-3H3. The third kappa shape index (κ3) is 3.28. The number of Topliss-reactive ketones (excluding diaryl/α,β-unsaturated/α-hetero) is 1. The van der Waals surface area contributed by atoms with Crippen LogP contribution < -0.4 is 9.47 Å². The summed E-state index contributed by atoms with van der Waals surface area (Å²) >= 11 is 0. The number of rotatable bonds is 4. The zero-order valence-corrected chi connectivity index (χ0v) is 11.9. The second kappa shape index (κ2) is 6.09. The highest BCUT2D eigenvalue weighted by molar-refractivity contribution is 5.99. The van der Waals surface area contributed by atoms with Crippen LogP contribution in [0.4, 0.5) is 0 Å². The minimum absolute atomic E-state index is 0.0170. The third-order valence-electron chi connectivity index (χ3n) is 3.82. The Morgan fingerprint density at radius 1 is 1.16 bits per heavy atom. The van der Waals surface area contributed by atoms with Crippen molar-refractivity contribution in [3.05, 3.63) is 23.8 Å². The molecule has 0 heterocycles. The van der Waals surface area contributed by atoms with E-state index in [1.54, 1.807) is 20.1 Å². The molecule has 0 saturated heterocycles. The van der Waals surface area contributed by atoms with Crippen molar-refractivity contribution in [3.8, 4) is 11.5 Å². The van der Waals surface area contributed by atoms with Crippen molar-refractivity contribution in [2.24, 2.45) is 5.92 Å². The van der Waals surface area contributed by atoms with Crippen molar-refractivity contribution in [2.75, 3.05) is 7.11 Å². The molecule has 0 aliphatic heterocycles. The molecule has 0 N–H and O–H groups in total. The number of benzene rings is 1. The van der Waals surface area contributed by atoms with Gasteiger partial charge in [0.05, 0.1) is 13.2 Å². The first-order valence-electron chi connectivity index (χ1n) is 6.96. The van der Waals surface area contributed by atoms with E-state index in [9.17, 15) is 4.79 Å². The Kier molecular flexibility index (Phi) is 4.46. The van der Waals surface area contributed by atoms with Crippen LogP contribution in [0.3, 0.4) is 0 Å². The van der Waals surface area contributed by atoms with Crippen molar-refractivity contribution in [1.29, 1.82) is 0 Å². The van der Waals surface area contributed by atoms with Crippen LogP contribution in [0.1, 0.15) is 49.9 Å². The maximum Gasteiger partial charge on any atom is 0.167 e. The average Bonchev–Trinajstić information content (AvgIpc) is 2.40. The molecule has 3 heteroatoms. The number of methoxy groups -OCH3 is 1. The van der Waals surface area contributed by atoms with Gasteiger partial charge in [0.15, 0.2) is 5.78 Å². The maximum absolute atomic E-state index is 11.8. The van der Waals surface area contributed by atoms with E-state index in [0.717, 1.165) is 18.8 Å². The lowest BCUT2D eigenvalue weighted by Gasteiger charge is -2.27. The van der Waals surface area contributed by atoms with Gasteiger partial charge in [0.25, 0.3) is 0 Å². The summed E-state index contributed by atoms with van der Waals surface area (Å²) in [4.78, 5) is 11.8. The minimum atomic E-state index is -0.0170. The fraction of sp³-hybridized carbons (Fsp3) is 0.562. The van der Waals surface area contributed by atoms with Gasteiger partial charge >= 0.3 is 0 Å². The lowest BCUT2D eigenvalue weighted by Crippen LogP contribution is -2.23. The zero-order chi connectivity index (χ0) is 13.8. The van der Waals surface area contributed by atoms with Gasteiger partial charge in [-0.15, -0.1) is 0 Å². The van der Waals surface area contributed by atoms with E-state index >= 15 is 0 Å². The second-order valence-electron chi connectivity index (χ2n) is 5.39. The van der Waals surface area contributed by atoms with Crippen molar-refractivity contribution < 1.29 is 14.3 Å². The summed E-state index contributed by atoms with van der Waals surface area (Å²) in [5.74, 6) is 2.02. The molecule has 3 nitrogen and oxygen atoms in total. The fourth-order valence-corrected chi connectivity index (χ4v) is 2.65. The number of ketones is 1. The van der Waals surface area contributed by atoms with E-state index in [0.29, 0.717) is 17.1 Å². The normalized spacial score (nSPS) is 22.9. The molecule has 19 heavy (non-hydrogen) atoms. The van der Waals surface area contributed by atoms with Gasteiger partial charge in [0.1, 0.15) is 17.1 Å². The van der Waals surface area contributed by atoms with E-state index in [4.69, 9.17) is 9.47 Å². The molecule has 0 amide bonds. The summed E-state index contributed by atoms with van der Waals surface area (Å²) in [5, 5.41) is 0. The summed E-state index contributed by atoms with van der Waals surface area (Å²) in [7, 11) is 1.58. The predicted octanol–water partition coefficient (Wildman–Crippen LogP) is 3.86. The topological polar surface area (TPSA) is 35.5 Å². The van der Waals surface area contributed by atoms with Crippen molar-refractivity contribution in [2.45, 2.75) is 45.6 Å².